The summed E-state index contributed by atoms with van der Waals surface area (Å²) in [7, 11) is 4.69. The first-order valence-electron chi connectivity index (χ1n) is 13.0. The van der Waals surface area contributed by atoms with Gasteiger partial charge < -0.3 is 24.8 Å². The van der Waals surface area contributed by atoms with E-state index in [2.05, 4.69) is 10.6 Å². The number of hydrogen-bond donors (Lipinski definition) is 2. The standard InChI is InChI=1S/C32H31FN2O5/c1-18-29(32(37)35-23-7-5-6-8-26(23)38-2)30(19-9-12-22(33)13-10-19)31-24(34-18)15-21(16-25(31)36)20-11-14-27(39-3)28(17-20)40-4/h5-14,17,21,30,34H,15-16H2,1-4H3,(H,35,37)/t21-,30-/m1/s1. The molecule has 1 heterocycles. The zero-order valence-corrected chi connectivity index (χ0v) is 22.8. The molecule has 0 radical (unpaired) electrons. The summed E-state index contributed by atoms with van der Waals surface area (Å²) >= 11 is 0. The van der Waals surface area contributed by atoms with Gasteiger partial charge in [0.25, 0.3) is 5.91 Å². The van der Waals surface area contributed by atoms with Crippen LogP contribution in [0, 0.1) is 5.82 Å². The average molecular weight is 543 g/mol. The number of rotatable bonds is 7. The third-order valence-electron chi connectivity index (χ3n) is 7.51. The molecule has 206 valence electrons. The molecule has 0 aromatic heterocycles. The minimum atomic E-state index is -0.662. The number of ketones is 1. The number of amides is 1. The van der Waals surface area contributed by atoms with E-state index in [1.54, 1.807) is 44.6 Å². The van der Waals surface area contributed by atoms with Gasteiger partial charge in [-0.25, -0.2) is 4.39 Å². The quantitative estimate of drug-likeness (QED) is 0.390. The summed E-state index contributed by atoms with van der Waals surface area (Å²) in [5, 5.41) is 6.32. The second-order valence-corrected chi connectivity index (χ2v) is 9.84. The molecular weight excluding hydrogens is 511 g/mol. The molecule has 0 spiro atoms. The normalized spacial score (nSPS) is 18.6. The van der Waals surface area contributed by atoms with Gasteiger partial charge >= 0.3 is 0 Å². The molecule has 7 nitrogen and oxygen atoms in total. The van der Waals surface area contributed by atoms with Gasteiger partial charge in [-0.15, -0.1) is 0 Å². The van der Waals surface area contributed by atoms with Gasteiger partial charge in [-0.05, 0) is 66.8 Å². The monoisotopic (exact) mass is 542 g/mol. The second kappa shape index (κ2) is 11.3. The van der Waals surface area contributed by atoms with Gasteiger partial charge in [0.2, 0.25) is 0 Å². The Hall–Kier alpha value is -4.59. The molecule has 3 aromatic rings. The maximum atomic E-state index is 13.9. The van der Waals surface area contributed by atoms with Crippen LogP contribution in [-0.2, 0) is 9.59 Å². The molecular formula is C32H31FN2O5. The van der Waals surface area contributed by atoms with E-state index < -0.39 is 11.7 Å². The molecule has 0 bridgehead atoms. The first kappa shape index (κ1) is 27.0. The Balaban J connectivity index is 1.54. The zero-order chi connectivity index (χ0) is 28.4. The number of allylic oxidation sites excluding steroid dienone is 3. The Kier molecular flexibility index (Phi) is 7.60. The Morgan fingerprint density at radius 1 is 0.875 bits per heavy atom. The van der Waals surface area contributed by atoms with Crippen LogP contribution in [0.25, 0.3) is 0 Å². The Morgan fingerprint density at radius 3 is 2.25 bits per heavy atom. The highest BCUT2D eigenvalue weighted by Gasteiger charge is 2.41. The van der Waals surface area contributed by atoms with E-state index in [9.17, 15) is 14.0 Å². The molecule has 2 atom stereocenters. The number of carbonyl (C=O) groups excluding carboxylic acids is 2. The highest BCUT2D eigenvalue weighted by atomic mass is 19.1. The van der Waals surface area contributed by atoms with Crippen LogP contribution in [0.15, 0.2) is 89.3 Å². The number of benzene rings is 3. The molecule has 5 rings (SSSR count). The SMILES string of the molecule is COc1ccccc1NC(=O)C1=C(C)NC2=C(C(=O)C[C@H](c3ccc(OC)c(OC)c3)C2)[C@@H]1c1ccc(F)cc1. The number of methoxy groups -OCH3 is 3. The van der Waals surface area contributed by atoms with Crippen molar-refractivity contribution in [3.8, 4) is 17.2 Å². The molecule has 0 saturated carbocycles. The van der Waals surface area contributed by atoms with Crippen LogP contribution in [0.1, 0.15) is 42.7 Å². The number of hydrogen-bond acceptors (Lipinski definition) is 6. The molecule has 3 aromatic carbocycles. The van der Waals surface area contributed by atoms with Crippen LogP contribution in [0.3, 0.4) is 0 Å². The fourth-order valence-corrected chi connectivity index (χ4v) is 5.61. The number of carbonyl (C=O) groups is 2. The maximum absolute atomic E-state index is 13.9. The fourth-order valence-electron chi connectivity index (χ4n) is 5.61. The van der Waals surface area contributed by atoms with Gasteiger partial charge in [-0.2, -0.15) is 0 Å². The first-order valence-corrected chi connectivity index (χ1v) is 13.0. The average Bonchev–Trinajstić information content (AvgIpc) is 2.96. The van der Waals surface area contributed by atoms with Crippen LogP contribution in [-0.4, -0.2) is 33.0 Å². The highest BCUT2D eigenvalue weighted by Crippen LogP contribution is 2.46. The molecule has 0 saturated heterocycles. The molecule has 0 fully saturated rings. The lowest BCUT2D eigenvalue weighted by atomic mass is 9.71. The van der Waals surface area contributed by atoms with Gasteiger partial charge in [-0.3, -0.25) is 9.59 Å². The van der Waals surface area contributed by atoms with Crippen molar-refractivity contribution in [1.29, 1.82) is 0 Å². The fraction of sp³-hybridized carbons (Fsp3) is 0.250. The number of dihydropyridines is 1. The van der Waals surface area contributed by atoms with Gasteiger partial charge in [0.1, 0.15) is 11.6 Å². The lowest BCUT2D eigenvalue weighted by Crippen LogP contribution is -2.37. The molecule has 1 aliphatic heterocycles. The highest BCUT2D eigenvalue weighted by molar-refractivity contribution is 6.10. The third-order valence-corrected chi connectivity index (χ3v) is 7.51. The van der Waals surface area contributed by atoms with Crippen LogP contribution in [0.5, 0.6) is 17.2 Å². The summed E-state index contributed by atoms with van der Waals surface area (Å²) in [6, 6.07) is 18.8. The molecule has 1 aliphatic carbocycles. The minimum Gasteiger partial charge on any atom is -0.495 e. The first-order chi connectivity index (χ1) is 19.3. The third kappa shape index (κ3) is 5.04. The van der Waals surface area contributed by atoms with Crippen molar-refractivity contribution in [2.24, 2.45) is 0 Å². The summed E-state index contributed by atoms with van der Waals surface area (Å²) in [6.07, 6.45) is 0.821. The number of para-hydroxylation sites is 2. The number of ether oxygens (including phenoxy) is 3. The van der Waals surface area contributed by atoms with Crippen molar-refractivity contribution in [3.05, 3.63) is 106 Å². The number of nitrogens with one attached hydrogen (secondary N) is 2. The molecule has 40 heavy (non-hydrogen) atoms. The van der Waals surface area contributed by atoms with E-state index in [-0.39, 0.29) is 24.0 Å². The summed E-state index contributed by atoms with van der Waals surface area (Å²) in [5.74, 6) is 0.140. The van der Waals surface area contributed by atoms with Crippen LogP contribution in [0.4, 0.5) is 10.1 Å². The van der Waals surface area contributed by atoms with Crippen molar-refractivity contribution >= 4 is 17.4 Å². The topological polar surface area (TPSA) is 85.9 Å². The maximum Gasteiger partial charge on any atom is 0.254 e. The Bertz CT molecular complexity index is 1530. The minimum absolute atomic E-state index is 0.0713. The molecule has 1 amide bonds. The molecule has 2 N–H and O–H groups in total. The summed E-state index contributed by atoms with van der Waals surface area (Å²) in [6.45, 7) is 1.82. The van der Waals surface area contributed by atoms with Crippen LogP contribution in [0.2, 0.25) is 0 Å². The van der Waals surface area contributed by atoms with E-state index in [1.165, 1.54) is 19.2 Å². The number of halogens is 1. The lowest BCUT2D eigenvalue weighted by Gasteiger charge is -2.37. The van der Waals surface area contributed by atoms with Crippen molar-refractivity contribution in [2.75, 3.05) is 26.6 Å². The van der Waals surface area contributed by atoms with Crippen molar-refractivity contribution in [1.82, 2.24) is 5.32 Å². The van der Waals surface area contributed by atoms with E-state index >= 15 is 0 Å². The Labute approximate surface area is 232 Å². The zero-order valence-electron chi connectivity index (χ0n) is 22.8. The van der Waals surface area contributed by atoms with Crippen molar-refractivity contribution in [2.45, 2.75) is 31.6 Å². The van der Waals surface area contributed by atoms with Crippen molar-refractivity contribution < 1.29 is 28.2 Å². The van der Waals surface area contributed by atoms with E-state index in [1.807, 2.05) is 31.2 Å². The summed E-state index contributed by atoms with van der Waals surface area (Å²) in [4.78, 5) is 27.7. The molecule has 8 heteroatoms. The lowest BCUT2D eigenvalue weighted by molar-refractivity contribution is -0.116. The summed E-state index contributed by atoms with van der Waals surface area (Å²) in [5.41, 5.74) is 4.44. The van der Waals surface area contributed by atoms with Crippen molar-refractivity contribution in [3.63, 3.8) is 0 Å². The predicted octanol–water partition coefficient (Wildman–Crippen LogP) is 5.85. The van der Waals surface area contributed by atoms with E-state index in [4.69, 9.17) is 14.2 Å². The van der Waals surface area contributed by atoms with Gasteiger partial charge in [0, 0.05) is 34.9 Å². The van der Waals surface area contributed by atoms with Gasteiger partial charge in [-0.1, -0.05) is 30.3 Å². The van der Waals surface area contributed by atoms with Crippen LogP contribution < -0.4 is 24.8 Å². The largest absolute Gasteiger partial charge is 0.495 e. The predicted molar refractivity (Wildman–Crippen MR) is 150 cm³/mol. The second-order valence-electron chi connectivity index (χ2n) is 9.84. The summed E-state index contributed by atoms with van der Waals surface area (Å²) < 4.78 is 30.2. The number of Topliss-reactive ketones (excluding diaryl/α,β-unsaturated/α-hetero) is 1. The molecule has 2 aliphatic rings. The van der Waals surface area contributed by atoms with E-state index in [0.717, 1.165) is 11.3 Å². The molecule has 0 unspecified atom stereocenters. The smallest absolute Gasteiger partial charge is 0.254 e. The number of anilines is 1. The Morgan fingerprint density at radius 2 is 1.55 bits per heavy atom. The van der Waals surface area contributed by atoms with Gasteiger partial charge in [0.05, 0.1) is 27.0 Å². The van der Waals surface area contributed by atoms with E-state index in [0.29, 0.717) is 51.8 Å². The van der Waals surface area contributed by atoms with Gasteiger partial charge in [0.15, 0.2) is 17.3 Å². The van der Waals surface area contributed by atoms with Crippen LogP contribution >= 0.6 is 0 Å².